The third-order valence-corrected chi connectivity index (χ3v) is 5.32. The van der Waals surface area contributed by atoms with Crippen molar-refractivity contribution in [2.45, 2.75) is 51.4 Å². The Morgan fingerprint density at radius 3 is 2.29 bits per heavy atom. The summed E-state index contributed by atoms with van der Waals surface area (Å²) >= 11 is 0. The van der Waals surface area contributed by atoms with Gasteiger partial charge in [-0.1, -0.05) is 31.4 Å². The van der Waals surface area contributed by atoms with Gasteiger partial charge < -0.3 is 0 Å². The van der Waals surface area contributed by atoms with Gasteiger partial charge in [0, 0.05) is 0 Å². The summed E-state index contributed by atoms with van der Waals surface area (Å²) in [5.41, 5.74) is 1.37. The maximum Gasteiger partial charge on any atom is 0.264 e. The average molecular weight is 314 g/mol. The van der Waals surface area contributed by atoms with E-state index in [2.05, 4.69) is 0 Å². The molecule has 1 fully saturated rings. The molecule has 1 aliphatic rings. The summed E-state index contributed by atoms with van der Waals surface area (Å²) in [7, 11) is -3.84. The van der Waals surface area contributed by atoms with Crippen molar-refractivity contribution in [3.63, 3.8) is 0 Å². The summed E-state index contributed by atoms with van der Waals surface area (Å²) in [6.45, 7) is 0. The molecule has 1 saturated carbocycles. The molecule has 0 bridgehead atoms. The Kier molecular flexibility index (Phi) is 5.38. The Hall–Kier alpha value is -0.940. The molecule has 118 valence electrons. The summed E-state index contributed by atoms with van der Waals surface area (Å²) in [6.07, 6.45) is 7.93. The van der Waals surface area contributed by atoms with Gasteiger partial charge in [-0.3, -0.25) is 4.55 Å². The summed E-state index contributed by atoms with van der Waals surface area (Å²) < 4.78 is 43.2. The van der Waals surface area contributed by atoms with Gasteiger partial charge in [-0.05, 0) is 55.2 Å². The largest absolute Gasteiger partial charge is 0.286 e. The van der Waals surface area contributed by atoms with Crippen molar-refractivity contribution in [1.82, 2.24) is 0 Å². The first kappa shape index (κ1) is 16.4. The summed E-state index contributed by atoms with van der Waals surface area (Å²) in [5, 5.41) is 0. The fourth-order valence-electron chi connectivity index (χ4n) is 3.46. The normalized spacial score (nSPS) is 18.0. The van der Waals surface area contributed by atoms with Crippen LogP contribution in [-0.2, 0) is 16.5 Å². The fraction of sp³-hybridized carbons (Fsp3) is 0.625. The molecule has 1 aromatic carbocycles. The molecule has 0 radical (unpaired) electrons. The van der Waals surface area contributed by atoms with Crippen LogP contribution < -0.4 is 0 Å². The number of unbranched alkanes of at least 4 members (excludes halogenated alkanes) is 1. The van der Waals surface area contributed by atoms with E-state index in [1.807, 2.05) is 12.1 Å². The van der Waals surface area contributed by atoms with Crippen molar-refractivity contribution in [2.24, 2.45) is 5.41 Å². The highest BCUT2D eigenvalue weighted by molar-refractivity contribution is 7.85. The Morgan fingerprint density at radius 2 is 1.71 bits per heavy atom. The molecule has 0 unspecified atom stereocenters. The third-order valence-electron chi connectivity index (χ3n) is 4.52. The predicted molar refractivity (Wildman–Crippen MR) is 81.3 cm³/mol. The summed E-state index contributed by atoms with van der Waals surface area (Å²) in [6, 6.07) is 6.67. The number of benzene rings is 1. The van der Waals surface area contributed by atoms with Gasteiger partial charge in [0.1, 0.15) is 5.82 Å². The zero-order valence-corrected chi connectivity index (χ0v) is 13.0. The fourth-order valence-corrected chi connectivity index (χ4v) is 4.03. The molecule has 21 heavy (non-hydrogen) atoms. The van der Waals surface area contributed by atoms with Crippen molar-refractivity contribution < 1.29 is 17.4 Å². The molecule has 0 heterocycles. The van der Waals surface area contributed by atoms with Crippen LogP contribution in [0.15, 0.2) is 24.3 Å². The number of hydrogen-bond donors (Lipinski definition) is 1. The monoisotopic (exact) mass is 314 g/mol. The number of halogens is 1. The molecule has 0 amide bonds. The maximum absolute atomic E-state index is 13.0. The van der Waals surface area contributed by atoms with Gasteiger partial charge in [-0.25, -0.2) is 4.39 Å². The van der Waals surface area contributed by atoms with Gasteiger partial charge in [-0.2, -0.15) is 8.42 Å². The van der Waals surface area contributed by atoms with Gasteiger partial charge in [0.25, 0.3) is 10.1 Å². The first-order chi connectivity index (χ1) is 9.89. The molecule has 0 aliphatic heterocycles. The summed E-state index contributed by atoms with van der Waals surface area (Å²) in [5.74, 6) is -0.369. The zero-order valence-electron chi connectivity index (χ0n) is 12.2. The minimum atomic E-state index is -3.84. The van der Waals surface area contributed by atoms with E-state index in [1.54, 1.807) is 0 Å². The molecule has 5 heteroatoms. The quantitative estimate of drug-likeness (QED) is 0.611. The average Bonchev–Trinajstić information content (AvgIpc) is 2.86. The lowest BCUT2D eigenvalue weighted by atomic mass is 9.76. The molecule has 0 spiro atoms. The molecular formula is C16H23FO3S. The summed E-state index contributed by atoms with van der Waals surface area (Å²) in [4.78, 5) is 0. The second-order valence-electron chi connectivity index (χ2n) is 6.25. The van der Waals surface area contributed by atoms with Gasteiger partial charge >= 0.3 is 0 Å². The van der Waals surface area contributed by atoms with Crippen LogP contribution in [0.3, 0.4) is 0 Å². The highest BCUT2D eigenvalue weighted by Gasteiger charge is 2.33. The molecule has 0 atom stereocenters. The van der Waals surface area contributed by atoms with E-state index >= 15 is 0 Å². The first-order valence-corrected chi connectivity index (χ1v) is 9.19. The number of rotatable bonds is 7. The van der Waals surface area contributed by atoms with Crippen LogP contribution in [0.5, 0.6) is 0 Å². The molecular weight excluding hydrogens is 291 g/mol. The van der Waals surface area contributed by atoms with E-state index in [0.29, 0.717) is 6.42 Å². The standard InChI is InChI=1S/C16H23FO3S/c17-15-7-5-14(6-8-15)13-16(9-1-2-10-16)11-3-4-12-21(18,19)20/h5-8H,1-4,9-13H2,(H,18,19,20). The van der Waals surface area contributed by atoms with Crippen LogP contribution >= 0.6 is 0 Å². The van der Waals surface area contributed by atoms with E-state index in [1.165, 1.54) is 25.0 Å². The van der Waals surface area contributed by atoms with E-state index in [0.717, 1.165) is 37.7 Å². The second kappa shape index (κ2) is 6.88. The minimum absolute atomic E-state index is 0.153. The van der Waals surface area contributed by atoms with E-state index in [-0.39, 0.29) is 17.0 Å². The molecule has 2 rings (SSSR count). The molecule has 3 nitrogen and oxygen atoms in total. The van der Waals surface area contributed by atoms with Crippen molar-refractivity contribution >= 4 is 10.1 Å². The minimum Gasteiger partial charge on any atom is -0.286 e. The highest BCUT2D eigenvalue weighted by atomic mass is 32.2. The topological polar surface area (TPSA) is 54.4 Å². The smallest absolute Gasteiger partial charge is 0.264 e. The number of hydrogen-bond acceptors (Lipinski definition) is 2. The van der Waals surface area contributed by atoms with Crippen LogP contribution in [0, 0.1) is 11.2 Å². The van der Waals surface area contributed by atoms with Gasteiger partial charge in [0.2, 0.25) is 0 Å². The van der Waals surface area contributed by atoms with Gasteiger partial charge in [0.05, 0.1) is 5.75 Å². The molecule has 0 saturated heterocycles. The van der Waals surface area contributed by atoms with Crippen molar-refractivity contribution in [1.29, 1.82) is 0 Å². The van der Waals surface area contributed by atoms with Crippen molar-refractivity contribution in [3.05, 3.63) is 35.6 Å². The van der Waals surface area contributed by atoms with Gasteiger partial charge in [0.15, 0.2) is 0 Å². The van der Waals surface area contributed by atoms with Crippen LogP contribution in [0.1, 0.15) is 50.5 Å². The molecule has 1 aliphatic carbocycles. The molecule has 1 N–H and O–H groups in total. The third kappa shape index (κ3) is 5.40. The van der Waals surface area contributed by atoms with Crippen LogP contribution in [0.2, 0.25) is 0 Å². The Labute approximate surface area is 126 Å². The second-order valence-corrected chi connectivity index (χ2v) is 7.83. The Balaban J connectivity index is 1.92. The van der Waals surface area contributed by atoms with Crippen molar-refractivity contribution in [2.75, 3.05) is 5.75 Å². The lowest BCUT2D eigenvalue weighted by Crippen LogP contribution is -2.20. The van der Waals surface area contributed by atoms with Crippen LogP contribution in [0.4, 0.5) is 4.39 Å². The highest BCUT2D eigenvalue weighted by Crippen LogP contribution is 2.44. The first-order valence-electron chi connectivity index (χ1n) is 7.58. The lowest BCUT2D eigenvalue weighted by Gasteiger charge is -2.29. The predicted octanol–water partition coefficient (Wildman–Crippen LogP) is 3.99. The van der Waals surface area contributed by atoms with Crippen LogP contribution in [-0.4, -0.2) is 18.7 Å². The Morgan fingerprint density at radius 1 is 1.10 bits per heavy atom. The Bertz CT molecular complexity index is 545. The zero-order chi connectivity index (χ0) is 15.3. The van der Waals surface area contributed by atoms with E-state index < -0.39 is 10.1 Å². The van der Waals surface area contributed by atoms with E-state index in [4.69, 9.17) is 4.55 Å². The van der Waals surface area contributed by atoms with E-state index in [9.17, 15) is 12.8 Å². The molecule has 0 aromatic heterocycles. The van der Waals surface area contributed by atoms with Gasteiger partial charge in [-0.15, -0.1) is 0 Å². The maximum atomic E-state index is 13.0. The molecule has 1 aromatic rings. The lowest BCUT2D eigenvalue weighted by molar-refractivity contribution is 0.260. The van der Waals surface area contributed by atoms with Crippen LogP contribution in [0.25, 0.3) is 0 Å². The SMILES string of the molecule is O=S(=O)(O)CCCCC1(Cc2ccc(F)cc2)CCCC1. The van der Waals surface area contributed by atoms with Crippen molar-refractivity contribution in [3.8, 4) is 0 Å².